The number of hydrogen-bond acceptors (Lipinski definition) is 2. The zero-order chi connectivity index (χ0) is 15.5. The highest BCUT2D eigenvalue weighted by atomic mass is 35.5. The maximum absolute atomic E-state index is 13.0. The molecule has 1 saturated heterocycles. The Bertz CT molecular complexity index is 437. The van der Waals surface area contributed by atoms with Crippen molar-refractivity contribution in [2.75, 3.05) is 26.2 Å². The molecule has 1 aliphatic heterocycles. The molecule has 2 rings (SSSR count). The van der Waals surface area contributed by atoms with Gasteiger partial charge in [-0.2, -0.15) is 0 Å². The van der Waals surface area contributed by atoms with Gasteiger partial charge in [-0.1, -0.05) is 45.0 Å². The number of piperazine rings is 1. The molecule has 1 aliphatic rings. The van der Waals surface area contributed by atoms with Crippen molar-refractivity contribution in [1.29, 1.82) is 0 Å². The van der Waals surface area contributed by atoms with Crippen LogP contribution in [0.25, 0.3) is 0 Å². The van der Waals surface area contributed by atoms with Gasteiger partial charge in [-0.15, -0.1) is 12.4 Å². The lowest BCUT2D eigenvalue weighted by molar-refractivity contribution is 0.0739. The Hall–Kier alpha value is -0.710. The van der Waals surface area contributed by atoms with Crippen LogP contribution in [0, 0.1) is 0 Å². The maximum Gasteiger partial charge on any atom is 0.240 e. The molecule has 0 amide bonds. The van der Waals surface area contributed by atoms with Gasteiger partial charge in [0.1, 0.15) is 0 Å². The monoisotopic (exact) mass is 332 g/mol. The molecule has 1 heterocycles. The first-order chi connectivity index (χ1) is 9.88. The number of nitrogens with zero attached hydrogens (tertiary/aromatic N) is 1. The molecule has 0 spiro atoms. The number of nitrogens with one attached hydrogen (secondary N) is 1. The summed E-state index contributed by atoms with van der Waals surface area (Å²) in [5.41, 5.74) is 2.33. The third kappa shape index (κ3) is 5.18. The molecule has 2 nitrogen and oxygen atoms in total. The van der Waals surface area contributed by atoms with Gasteiger partial charge in [-0.05, 0) is 16.5 Å². The van der Waals surface area contributed by atoms with Crippen molar-refractivity contribution in [2.45, 2.75) is 45.1 Å². The van der Waals surface area contributed by atoms with Crippen LogP contribution >= 0.6 is 12.4 Å². The number of rotatable bonds is 4. The van der Waals surface area contributed by atoms with Crippen LogP contribution in [0.3, 0.4) is 0 Å². The molecule has 1 N–H and O–H groups in total. The van der Waals surface area contributed by atoms with Crippen molar-refractivity contribution in [3.05, 3.63) is 35.4 Å². The highest BCUT2D eigenvalue weighted by molar-refractivity contribution is 5.85. The Kier molecular flexibility index (Phi) is 7.23. The van der Waals surface area contributed by atoms with E-state index in [1.807, 2.05) is 12.1 Å². The first-order valence-corrected chi connectivity index (χ1v) is 7.71. The summed E-state index contributed by atoms with van der Waals surface area (Å²) in [4.78, 5) is 2.18. The molecule has 1 atom stereocenters. The predicted octanol–water partition coefficient (Wildman–Crippen LogP) is 4.01. The molecule has 0 unspecified atom stereocenters. The molecule has 0 saturated carbocycles. The molecule has 0 bridgehead atoms. The largest absolute Gasteiger partial charge is 0.314 e. The molecule has 0 aromatic heterocycles. The standard InChI is InChI=1S/C17H26F2N2.ClH/c1-17(2,3)14-6-4-13(5-7-14)15(12-16(18)19)21-10-8-20-9-11-21;/h4-7,15-16,20H,8-12H2,1-3H3;1H/t15-;/m1./s1. The van der Waals surface area contributed by atoms with Gasteiger partial charge in [-0.25, -0.2) is 8.78 Å². The van der Waals surface area contributed by atoms with Crippen molar-refractivity contribution in [1.82, 2.24) is 10.2 Å². The van der Waals surface area contributed by atoms with E-state index in [2.05, 4.69) is 43.1 Å². The van der Waals surface area contributed by atoms with Crippen LogP contribution in [0.5, 0.6) is 0 Å². The molecular weight excluding hydrogens is 306 g/mol. The van der Waals surface area contributed by atoms with Crippen LogP contribution in [0.4, 0.5) is 8.78 Å². The normalized spacial score (nSPS) is 18.1. The van der Waals surface area contributed by atoms with Gasteiger partial charge < -0.3 is 5.32 Å². The lowest BCUT2D eigenvalue weighted by Crippen LogP contribution is -2.45. The average Bonchev–Trinajstić information content (AvgIpc) is 2.45. The van der Waals surface area contributed by atoms with Crippen LogP contribution in [0.2, 0.25) is 0 Å². The molecule has 0 radical (unpaired) electrons. The quantitative estimate of drug-likeness (QED) is 0.896. The minimum Gasteiger partial charge on any atom is -0.314 e. The zero-order valence-electron chi connectivity index (χ0n) is 13.6. The van der Waals surface area contributed by atoms with Crippen LogP contribution in [-0.4, -0.2) is 37.5 Å². The van der Waals surface area contributed by atoms with Gasteiger partial charge in [0.2, 0.25) is 6.43 Å². The van der Waals surface area contributed by atoms with Crippen molar-refractivity contribution in [3.63, 3.8) is 0 Å². The van der Waals surface area contributed by atoms with Crippen LogP contribution < -0.4 is 5.32 Å². The van der Waals surface area contributed by atoms with Crippen molar-refractivity contribution >= 4 is 12.4 Å². The Labute approximate surface area is 138 Å². The highest BCUT2D eigenvalue weighted by Crippen LogP contribution is 2.30. The van der Waals surface area contributed by atoms with E-state index >= 15 is 0 Å². The molecule has 22 heavy (non-hydrogen) atoms. The van der Waals surface area contributed by atoms with E-state index in [9.17, 15) is 8.78 Å². The number of halogens is 3. The van der Waals surface area contributed by atoms with E-state index in [1.54, 1.807) is 0 Å². The second kappa shape index (κ2) is 8.23. The number of alkyl halides is 2. The van der Waals surface area contributed by atoms with Crippen molar-refractivity contribution < 1.29 is 8.78 Å². The molecule has 1 aromatic rings. The smallest absolute Gasteiger partial charge is 0.240 e. The van der Waals surface area contributed by atoms with Crippen LogP contribution in [-0.2, 0) is 5.41 Å². The number of benzene rings is 1. The van der Waals surface area contributed by atoms with E-state index < -0.39 is 6.43 Å². The molecule has 1 aromatic carbocycles. The molecule has 126 valence electrons. The Morgan fingerprint density at radius 2 is 1.64 bits per heavy atom. The Morgan fingerprint density at radius 1 is 1.09 bits per heavy atom. The molecule has 0 aliphatic carbocycles. The van der Waals surface area contributed by atoms with Gasteiger partial charge >= 0.3 is 0 Å². The summed E-state index contributed by atoms with van der Waals surface area (Å²) >= 11 is 0. The third-order valence-corrected chi connectivity index (χ3v) is 4.16. The minimum atomic E-state index is -2.27. The Balaban J connectivity index is 0.00000242. The topological polar surface area (TPSA) is 15.3 Å². The van der Waals surface area contributed by atoms with Crippen LogP contribution in [0.1, 0.15) is 44.4 Å². The summed E-state index contributed by atoms with van der Waals surface area (Å²) in [6, 6.07) is 8.03. The Morgan fingerprint density at radius 3 is 2.09 bits per heavy atom. The predicted molar refractivity (Wildman–Crippen MR) is 90.2 cm³/mol. The van der Waals surface area contributed by atoms with Crippen LogP contribution in [0.15, 0.2) is 24.3 Å². The first-order valence-electron chi connectivity index (χ1n) is 7.71. The number of hydrogen-bond donors (Lipinski definition) is 1. The zero-order valence-corrected chi connectivity index (χ0v) is 14.4. The van der Waals surface area contributed by atoms with E-state index in [0.717, 1.165) is 31.7 Å². The second-order valence-corrected chi connectivity index (χ2v) is 6.80. The highest BCUT2D eigenvalue weighted by Gasteiger charge is 2.25. The molecule has 1 fully saturated rings. The van der Waals surface area contributed by atoms with Gasteiger partial charge in [0.15, 0.2) is 0 Å². The average molecular weight is 333 g/mol. The minimum absolute atomic E-state index is 0. The SMILES string of the molecule is CC(C)(C)c1ccc([C@@H](CC(F)F)N2CCNCC2)cc1.Cl. The summed E-state index contributed by atoms with van der Waals surface area (Å²) in [7, 11) is 0. The van der Waals surface area contributed by atoms with E-state index in [1.165, 1.54) is 5.56 Å². The molecule has 5 heteroatoms. The fourth-order valence-corrected chi connectivity index (χ4v) is 2.86. The fraction of sp³-hybridized carbons (Fsp3) is 0.647. The maximum atomic E-state index is 13.0. The summed E-state index contributed by atoms with van der Waals surface area (Å²) in [6.07, 6.45) is -2.36. The van der Waals surface area contributed by atoms with Crippen molar-refractivity contribution in [2.24, 2.45) is 0 Å². The van der Waals surface area contributed by atoms with Gasteiger partial charge in [-0.3, -0.25) is 4.90 Å². The summed E-state index contributed by atoms with van der Waals surface area (Å²) < 4.78 is 25.9. The third-order valence-electron chi connectivity index (χ3n) is 4.16. The van der Waals surface area contributed by atoms with Gasteiger partial charge in [0.05, 0.1) is 0 Å². The summed E-state index contributed by atoms with van der Waals surface area (Å²) in [5.74, 6) is 0. The second-order valence-electron chi connectivity index (χ2n) is 6.80. The first kappa shape index (κ1) is 19.3. The lowest BCUT2D eigenvalue weighted by Gasteiger charge is -2.35. The van der Waals surface area contributed by atoms with E-state index in [4.69, 9.17) is 0 Å². The molecular formula is C17H27ClF2N2. The van der Waals surface area contributed by atoms with E-state index in [0.29, 0.717) is 0 Å². The van der Waals surface area contributed by atoms with E-state index in [-0.39, 0.29) is 30.3 Å². The van der Waals surface area contributed by atoms with Crippen molar-refractivity contribution in [3.8, 4) is 0 Å². The summed E-state index contributed by atoms with van der Waals surface area (Å²) in [5, 5.41) is 3.27. The van der Waals surface area contributed by atoms with Gasteiger partial charge in [0.25, 0.3) is 0 Å². The lowest BCUT2D eigenvalue weighted by atomic mass is 9.86. The summed E-state index contributed by atoms with van der Waals surface area (Å²) in [6.45, 7) is 9.90. The fourth-order valence-electron chi connectivity index (χ4n) is 2.86. The van der Waals surface area contributed by atoms with Gasteiger partial charge in [0, 0.05) is 38.6 Å².